The highest BCUT2D eigenvalue weighted by Gasteiger charge is 2.28. The molecule has 2 aromatic rings. The fraction of sp³-hybridized carbons (Fsp3) is 0.350. The smallest absolute Gasteiger partial charge is 0.338 e. The highest BCUT2D eigenvalue weighted by atomic mass is 32.2. The Morgan fingerprint density at radius 3 is 2.41 bits per heavy atom. The van der Waals surface area contributed by atoms with Crippen molar-refractivity contribution in [3.8, 4) is 5.75 Å². The molecule has 32 heavy (non-hydrogen) atoms. The quantitative estimate of drug-likeness (QED) is 0.492. The monoisotopic (exact) mass is 483 g/mol. The Hall–Kier alpha value is -2.96. The van der Waals surface area contributed by atoms with Crippen molar-refractivity contribution < 1.29 is 32.3 Å². The van der Waals surface area contributed by atoms with Crippen LogP contribution < -0.4 is 15.8 Å². The van der Waals surface area contributed by atoms with Crippen molar-refractivity contribution in [1.29, 1.82) is 0 Å². The molecule has 1 atom stereocenters. The predicted molar refractivity (Wildman–Crippen MR) is 119 cm³/mol. The van der Waals surface area contributed by atoms with Gasteiger partial charge in [-0.05, 0) is 36.6 Å². The largest absolute Gasteiger partial charge is 0.495 e. The van der Waals surface area contributed by atoms with Gasteiger partial charge in [0, 0.05) is 13.1 Å². The van der Waals surface area contributed by atoms with E-state index in [1.165, 1.54) is 36.5 Å². The lowest BCUT2D eigenvalue weighted by molar-refractivity contribution is -0.123. The molecule has 0 bridgehead atoms. The van der Waals surface area contributed by atoms with Crippen LogP contribution in [0.3, 0.4) is 0 Å². The number of carbonyl (C=O) groups excluding carboxylic acids is 3. The highest BCUT2D eigenvalue weighted by molar-refractivity contribution is 7.89. The van der Waals surface area contributed by atoms with Gasteiger partial charge in [-0.3, -0.25) is 9.59 Å². The lowest BCUT2D eigenvalue weighted by atomic mass is 10.2. The summed E-state index contributed by atoms with van der Waals surface area (Å²) in [7, 11) is -2.59. The first-order valence-corrected chi connectivity index (χ1v) is 12.0. The van der Waals surface area contributed by atoms with Gasteiger partial charge in [-0.15, -0.1) is 11.3 Å². The third-order valence-corrected chi connectivity index (χ3v) is 7.44. The van der Waals surface area contributed by atoms with Crippen molar-refractivity contribution in [2.24, 2.45) is 5.73 Å². The third kappa shape index (κ3) is 5.44. The average molecular weight is 484 g/mol. The summed E-state index contributed by atoms with van der Waals surface area (Å²) in [6.45, 7) is 5.22. The molecule has 0 fully saturated rings. The van der Waals surface area contributed by atoms with Crippen LogP contribution in [-0.4, -0.2) is 56.8 Å². The van der Waals surface area contributed by atoms with Crippen molar-refractivity contribution in [3.63, 3.8) is 0 Å². The van der Waals surface area contributed by atoms with Gasteiger partial charge in [0.25, 0.3) is 11.8 Å². The number of primary amides is 1. The summed E-state index contributed by atoms with van der Waals surface area (Å²) in [5.41, 5.74) is 5.33. The number of amides is 2. The number of nitrogens with zero attached hydrogens (tertiary/aromatic N) is 1. The Bertz CT molecular complexity index is 1110. The Kier molecular flexibility index (Phi) is 8.36. The first-order chi connectivity index (χ1) is 15.1. The summed E-state index contributed by atoms with van der Waals surface area (Å²) in [6.07, 6.45) is -1.23. The molecule has 0 aliphatic rings. The van der Waals surface area contributed by atoms with Crippen molar-refractivity contribution in [2.75, 3.05) is 25.5 Å². The summed E-state index contributed by atoms with van der Waals surface area (Å²) in [6, 6.07) is 5.32. The van der Waals surface area contributed by atoms with Gasteiger partial charge < -0.3 is 20.5 Å². The van der Waals surface area contributed by atoms with E-state index in [2.05, 4.69) is 5.32 Å². The predicted octanol–water partition coefficient (Wildman–Crippen LogP) is 2.07. The molecule has 0 unspecified atom stereocenters. The minimum Gasteiger partial charge on any atom is -0.495 e. The lowest BCUT2D eigenvalue weighted by Gasteiger charge is -2.20. The van der Waals surface area contributed by atoms with Crippen LogP contribution >= 0.6 is 11.3 Å². The molecule has 1 aromatic heterocycles. The van der Waals surface area contributed by atoms with E-state index in [4.69, 9.17) is 15.2 Å². The van der Waals surface area contributed by atoms with Gasteiger partial charge in [-0.2, -0.15) is 4.31 Å². The molecule has 0 saturated carbocycles. The zero-order valence-corrected chi connectivity index (χ0v) is 19.7. The van der Waals surface area contributed by atoms with Crippen molar-refractivity contribution >= 4 is 44.1 Å². The van der Waals surface area contributed by atoms with Gasteiger partial charge in [0.15, 0.2) is 6.10 Å². The minimum atomic E-state index is -3.91. The Morgan fingerprint density at radius 2 is 1.84 bits per heavy atom. The number of carbonyl (C=O) groups is 3. The van der Waals surface area contributed by atoms with Crippen LogP contribution in [0, 0.1) is 0 Å². The maximum atomic E-state index is 12.9. The van der Waals surface area contributed by atoms with E-state index in [0.29, 0.717) is 0 Å². The first kappa shape index (κ1) is 25.3. The van der Waals surface area contributed by atoms with Crippen molar-refractivity contribution in [3.05, 3.63) is 40.8 Å². The number of nitrogens with two attached hydrogens (primary N) is 1. The standard InChI is InChI=1S/C20H25N3O7S2/c1-5-23(6-2)32(27,28)16-11-13(7-8-15(16)29-4)20(26)30-12(3)18(25)22-19-14(17(21)24)9-10-31-19/h7-12H,5-6H2,1-4H3,(H2,21,24)(H,22,25)/t12-/m0/s1. The molecule has 0 saturated heterocycles. The number of nitrogens with one attached hydrogen (secondary N) is 1. The molecule has 0 aliphatic carbocycles. The number of benzene rings is 1. The molecule has 1 heterocycles. The SMILES string of the molecule is CCN(CC)S(=O)(=O)c1cc(C(=O)O[C@@H](C)C(=O)Nc2sccc2C(N)=O)ccc1OC. The van der Waals surface area contributed by atoms with Crippen LogP contribution in [0.15, 0.2) is 34.5 Å². The molecule has 0 spiro atoms. The third-order valence-electron chi connectivity index (χ3n) is 4.54. The second-order valence-corrected chi connectivity index (χ2v) is 9.34. The molecular formula is C20H25N3O7S2. The molecule has 12 heteroatoms. The van der Waals surface area contributed by atoms with Crippen LogP contribution in [0.2, 0.25) is 0 Å². The first-order valence-electron chi connectivity index (χ1n) is 9.64. The van der Waals surface area contributed by atoms with E-state index < -0.39 is 33.9 Å². The number of rotatable bonds is 10. The van der Waals surface area contributed by atoms with Gasteiger partial charge >= 0.3 is 5.97 Å². The number of esters is 1. The molecule has 1 aromatic carbocycles. The summed E-state index contributed by atoms with van der Waals surface area (Å²) < 4.78 is 37.4. The number of sulfonamides is 1. The molecule has 3 N–H and O–H groups in total. The van der Waals surface area contributed by atoms with E-state index in [9.17, 15) is 22.8 Å². The van der Waals surface area contributed by atoms with Crippen LogP contribution in [0.4, 0.5) is 5.00 Å². The van der Waals surface area contributed by atoms with Crippen LogP contribution in [-0.2, 0) is 19.6 Å². The van der Waals surface area contributed by atoms with Crippen LogP contribution in [0.25, 0.3) is 0 Å². The second-order valence-electron chi connectivity index (χ2n) is 6.52. The summed E-state index contributed by atoms with van der Waals surface area (Å²) in [5, 5.41) is 4.31. The maximum absolute atomic E-state index is 12.9. The van der Waals surface area contributed by atoms with Gasteiger partial charge in [0.2, 0.25) is 10.0 Å². The molecule has 2 amide bonds. The van der Waals surface area contributed by atoms with Crippen LogP contribution in [0.5, 0.6) is 5.75 Å². The Labute approximate surface area is 190 Å². The van der Waals surface area contributed by atoms with Gasteiger partial charge in [0.1, 0.15) is 15.6 Å². The molecule has 0 aliphatic heterocycles. The number of ether oxygens (including phenoxy) is 2. The summed E-state index contributed by atoms with van der Waals surface area (Å²) in [5.74, 6) is -2.19. The average Bonchev–Trinajstić information content (AvgIpc) is 3.22. The Morgan fingerprint density at radius 1 is 1.19 bits per heavy atom. The molecule has 10 nitrogen and oxygen atoms in total. The molecule has 174 valence electrons. The number of methoxy groups -OCH3 is 1. The van der Waals surface area contributed by atoms with Gasteiger partial charge in [0.05, 0.1) is 18.2 Å². The van der Waals surface area contributed by atoms with E-state index in [-0.39, 0.29) is 39.9 Å². The highest BCUT2D eigenvalue weighted by Crippen LogP contribution is 2.28. The number of hydrogen-bond donors (Lipinski definition) is 2. The lowest BCUT2D eigenvalue weighted by Crippen LogP contribution is -2.31. The number of hydrogen-bond acceptors (Lipinski definition) is 8. The number of anilines is 1. The van der Waals surface area contributed by atoms with Gasteiger partial charge in [-0.1, -0.05) is 13.8 Å². The molecule has 2 rings (SSSR count). The fourth-order valence-corrected chi connectivity index (χ4v) is 5.24. The Balaban J connectivity index is 2.23. The van der Waals surface area contributed by atoms with E-state index >= 15 is 0 Å². The fourth-order valence-electron chi connectivity index (χ4n) is 2.80. The van der Waals surface area contributed by atoms with E-state index in [1.54, 1.807) is 19.2 Å². The maximum Gasteiger partial charge on any atom is 0.338 e. The summed E-state index contributed by atoms with van der Waals surface area (Å²) >= 11 is 1.10. The van der Waals surface area contributed by atoms with E-state index in [1.807, 2.05) is 0 Å². The second kappa shape index (κ2) is 10.6. The van der Waals surface area contributed by atoms with Crippen molar-refractivity contribution in [2.45, 2.75) is 31.8 Å². The van der Waals surface area contributed by atoms with Crippen LogP contribution in [0.1, 0.15) is 41.5 Å². The molecular weight excluding hydrogens is 458 g/mol. The van der Waals surface area contributed by atoms with E-state index in [0.717, 1.165) is 17.4 Å². The summed E-state index contributed by atoms with van der Waals surface area (Å²) in [4.78, 5) is 36.2. The van der Waals surface area contributed by atoms with Gasteiger partial charge in [-0.25, -0.2) is 13.2 Å². The number of thiophene rings is 1. The topological polar surface area (TPSA) is 145 Å². The zero-order valence-electron chi connectivity index (χ0n) is 18.1. The minimum absolute atomic E-state index is 0.0647. The normalized spacial score (nSPS) is 12.3. The van der Waals surface area contributed by atoms with Crippen molar-refractivity contribution in [1.82, 2.24) is 4.31 Å². The zero-order chi connectivity index (χ0) is 24.1. The molecule has 0 radical (unpaired) electrons.